The standard InChI is InChI=1S/C26H32N4O4/c1-4-33-16-6-15-27-26(32)21-7-5-8-22(17-21)28-23(31)13-14-24-29-25(30-34-24)20-11-9-19(10-12-20)18(2)3/h5,7-12,17-18H,4,6,13-16H2,1-3H3,(H,27,32)(H,28,31). The van der Waals surface area contributed by atoms with Gasteiger partial charge >= 0.3 is 0 Å². The van der Waals surface area contributed by atoms with Gasteiger partial charge in [-0.25, -0.2) is 0 Å². The summed E-state index contributed by atoms with van der Waals surface area (Å²) in [6.07, 6.45) is 1.25. The Morgan fingerprint density at radius 1 is 1.12 bits per heavy atom. The van der Waals surface area contributed by atoms with Crippen molar-refractivity contribution in [2.45, 2.75) is 46.0 Å². The fraction of sp³-hybridized carbons (Fsp3) is 0.385. The van der Waals surface area contributed by atoms with Gasteiger partial charge in [-0.3, -0.25) is 9.59 Å². The van der Waals surface area contributed by atoms with Crippen molar-refractivity contribution in [2.75, 3.05) is 25.1 Å². The number of nitrogens with zero attached hydrogens (tertiary/aromatic N) is 2. The molecule has 34 heavy (non-hydrogen) atoms. The summed E-state index contributed by atoms with van der Waals surface area (Å²) in [6, 6.07) is 14.9. The Labute approximate surface area is 200 Å². The fourth-order valence-electron chi connectivity index (χ4n) is 3.30. The Balaban J connectivity index is 1.48. The van der Waals surface area contributed by atoms with Gasteiger partial charge < -0.3 is 19.9 Å². The molecule has 2 amide bonds. The maximum atomic E-state index is 12.4. The topological polar surface area (TPSA) is 106 Å². The van der Waals surface area contributed by atoms with Crippen LogP contribution in [-0.4, -0.2) is 41.7 Å². The molecule has 0 aliphatic carbocycles. The SMILES string of the molecule is CCOCCCNC(=O)c1cccc(NC(=O)CCc2nc(-c3ccc(C(C)C)cc3)no2)c1. The predicted octanol–water partition coefficient (Wildman–Crippen LogP) is 4.59. The highest BCUT2D eigenvalue weighted by atomic mass is 16.5. The molecule has 0 spiro atoms. The molecule has 8 heteroatoms. The highest BCUT2D eigenvalue weighted by Crippen LogP contribution is 2.21. The Kier molecular flexibility index (Phi) is 9.34. The zero-order valence-corrected chi connectivity index (χ0v) is 20.0. The predicted molar refractivity (Wildman–Crippen MR) is 131 cm³/mol. The third-order valence-corrected chi connectivity index (χ3v) is 5.23. The van der Waals surface area contributed by atoms with Crippen molar-refractivity contribution in [3.8, 4) is 11.4 Å². The lowest BCUT2D eigenvalue weighted by atomic mass is 10.0. The minimum Gasteiger partial charge on any atom is -0.382 e. The highest BCUT2D eigenvalue weighted by Gasteiger charge is 2.12. The van der Waals surface area contributed by atoms with Crippen LogP contribution in [0.4, 0.5) is 5.69 Å². The molecule has 8 nitrogen and oxygen atoms in total. The molecule has 0 radical (unpaired) electrons. The first kappa shape index (κ1) is 25.1. The summed E-state index contributed by atoms with van der Waals surface area (Å²) in [5.41, 5.74) is 3.16. The monoisotopic (exact) mass is 464 g/mol. The number of amides is 2. The summed E-state index contributed by atoms with van der Waals surface area (Å²) < 4.78 is 10.6. The van der Waals surface area contributed by atoms with Gasteiger partial charge in [-0.2, -0.15) is 4.98 Å². The lowest BCUT2D eigenvalue weighted by Crippen LogP contribution is -2.25. The Morgan fingerprint density at radius 2 is 1.91 bits per heavy atom. The molecule has 3 aromatic rings. The fourth-order valence-corrected chi connectivity index (χ4v) is 3.30. The van der Waals surface area contributed by atoms with Crippen molar-refractivity contribution in [3.63, 3.8) is 0 Å². The number of nitrogens with one attached hydrogen (secondary N) is 2. The lowest BCUT2D eigenvalue weighted by molar-refractivity contribution is -0.116. The van der Waals surface area contributed by atoms with Crippen LogP contribution in [0.2, 0.25) is 0 Å². The number of anilines is 1. The van der Waals surface area contributed by atoms with Crippen LogP contribution in [0.25, 0.3) is 11.4 Å². The number of rotatable bonds is 12. The molecule has 0 atom stereocenters. The van der Waals surface area contributed by atoms with Gasteiger partial charge in [-0.05, 0) is 43.0 Å². The largest absolute Gasteiger partial charge is 0.382 e. The second-order valence-corrected chi connectivity index (χ2v) is 8.22. The first-order valence-corrected chi connectivity index (χ1v) is 11.6. The Bertz CT molecular complexity index is 1080. The third kappa shape index (κ3) is 7.52. The first-order chi connectivity index (χ1) is 16.5. The normalized spacial score (nSPS) is 10.9. The van der Waals surface area contributed by atoms with Gasteiger partial charge in [0.1, 0.15) is 0 Å². The zero-order chi connectivity index (χ0) is 24.3. The van der Waals surface area contributed by atoms with Crippen LogP contribution < -0.4 is 10.6 Å². The number of hydrogen-bond donors (Lipinski definition) is 2. The van der Waals surface area contributed by atoms with E-state index in [1.165, 1.54) is 5.56 Å². The second kappa shape index (κ2) is 12.6. The van der Waals surface area contributed by atoms with Crippen molar-refractivity contribution in [3.05, 3.63) is 65.5 Å². The van der Waals surface area contributed by atoms with E-state index in [9.17, 15) is 9.59 Å². The van der Waals surface area contributed by atoms with Gasteiger partial charge in [0.2, 0.25) is 17.6 Å². The summed E-state index contributed by atoms with van der Waals surface area (Å²) >= 11 is 0. The summed E-state index contributed by atoms with van der Waals surface area (Å²) in [7, 11) is 0. The number of benzene rings is 2. The van der Waals surface area contributed by atoms with Crippen LogP contribution in [0.3, 0.4) is 0 Å². The van der Waals surface area contributed by atoms with Gasteiger partial charge in [0.05, 0.1) is 0 Å². The van der Waals surface area contributed by atoms with Crippen LogP contribution in [0, 0.1) is 0 Å². The Hall–Kier alpha value is -3.52. The summed E-state index contributed by atoms with van der Waals surface area (Å²) in [5.74, 6) is 0.973. The number of carbonyl (C=O) groups excluding carboxylic acids is 2. The number of aromatic nitrogens is 2. The van der Waals surface area contributed by atoms with Gasteiger partial charge in [0.15, 0.2) is 0 Å². The van der Waals surface area contributed by atoms with Gasteiger partial charge in [-0.15, -0.1) is 0 Å². The van der Waals surface area contributed by atoms with Crippen molar-refractivity contribution in [2.24, 2.45) is 0 Å². The van der Waals surface area contributed by atoms with E-state index in [2.05, 4.69) is 46.8 Å². The van der Waals surface area contributed by atoms with E-state index >= 15 is 0 Å². The summed E-state index contributed by atoms with van der Waals surface area (Å²) in [5, 5.41) is 9.69. The minimum atomic E-state index is -0.199. The molecule has 0 bridgehead atoms. The molecule has 0 saturated carbocycles. The molecule has 0 aliphatic rings. The third-order valence-electron chi connectivity index (χ3n) is 5.23. The molecule has 0 fully saturated rings. The van der Waals surface area contributed by atoms with E-state index in [1.807, 2.05) is 19.1 Å². The molecule has 3 rings (SSSR count). The van der Waals surface area contributed by atoms with E-state index in [-0.39, 0.29) is 18.2 Å². The molecule has 2 aromatic carbocycles. The molecule has 1 heterocycles. The lowest BCUT2D eigenvalue weighted by Gasteiger charge is -2.08. The van der Waals surface area contributed by atoms with E-state index in [4.69, 9.17) is 9.26 Å². The van der Waals surface area contributed by atoms with Crippen molar-refractivity contribution >= 4 is 17.5 Å². The Morgan fingerprint density at radius 3 is 2.65 bits per heavy atom. The van der Waals surface area contributed by atoms with E-state index in [0.29, 0.717) is 55.1 Å². The van der Waals surface area contributed by atoms with Crippen LogP contribution in [0.1, 0.15) is 61.3 Å². The molecular formula is C26H32N4O4. The molecule has 0 saturated heterocycles. The molecule has 0 aliphatic heterocycles. The maximum absolute atomic E-state index is 12.4. The molecule has 0 unspecified atom stereocenters. The van der Waals surface area contributed by atoms with Crippen LogP contribution >= 0.6 is 0 Å². The number of carbonyl (C=O) groups is 2. The van der Waals surface area contributed by atoms with Crippen molar-refractivity contribution in [1.29, 1.82) is 0 Å². The zero-order valence-electron chi connectivity index (χ0n) is 20.0. The number of ether oxygens (including phenoxy) is 1. The van der Waals surface area contributed by atoms with Gasteiger partial charge in [0.25, 0.3) is 5.91 Å². The van der Waals surface area contributed by atoms with Crippen LogP contribution in [0.15, 0.2) is 53.1 Å². The molecular weight excluding hydrogens is 432 g/mol. The molecule has 2 N–H and O–H groups in total. The van der Waals surface area contributed by atoms with E-state index < -0.39 is 0 Å². The van der Waals surface area contributed by atoms with Gasteiger partial charge in [0, 0.05) is 49.4 Å². The first-order valence-electron chi connectivity index (χ1n) is 11.6. The average molecular weight is 465 g/mol. The summed E-state index contributed by atoms with van der Waals surface area (Å²) in [6.45, 7) is 8.02. The van der Waals surface area contributed by atoms with Crippen molar-refractivity contribution < 1.29 is 18.8 Å². The van der Waals surface area contributed by atoms with E-state index in [1.54, 1.807) is 24.3 Å². The summed E-state index contributed by atoms with van der Waals surface area (Å²) in [4.78, 5) is 29.1. The number of aryl methyl sites for hydroxylation is 1. The molecule has 1 aromatic heterocycles. The quantitative estimate of drug-likeness (QED) is 0.380. The highest BCUT2D eigenvalue weighted by molar-refractivity contribution is 5.97. The van der Waals surface area contributed by atoms with Crippen molar-refractivity contribution in [1.82, 2.24) is 15.5 Å². The van der Waals surface area contributed by atoms with Crippen LogP contribution in [0.5, 0.6) is 0 Å². The smallest absolute Gasteiger partial charge is 0.251 e. The second-order valence-electron chi connectivity index (χ2n) is 8.22. The molecule has 180 valence electrons. The average Bonchev–Trinajstić information content (AvgIpc) is 3.32. The van der Waals surface area contributed by atoms with Gasteiger partial charge in [-0.1, -0.05) is 49.3 Å². The van der Waals surface area contributed by atoms with E-state index in [0.717, 1.165) is 12.0 Å². The minimum absolute atomic E-state index is 0.182. The van der Waals surface area contributed by atoms with Crippen LogP contribution in [-0.2, 0) is 16.0 Å². The maximum Gasteiger partial charge on any atom is 0.251 e. The number of hydrogen-bond acceptors (Lipinski definition) is 6.